The third kappa shape index (κ3) is 3.21. The number of fused-ring (bicyclic) bond motifs is 3. The number of aromatic nitrogens is 2. The molecule has 0 aliphatic carbocycles. The fourth-order valence-corrected chi connectivity index (χ4v) is 4.90. The molecule has 0 unspecified atom stereocenters. The lowest BCUT2D eigenvalue weighted by atomic mass is 10.1. The summed E-state index contributed by atoms with van der Waals surface area (Å²) in [7, 11) is 1.36. The van der Waals surface area contributed by atoms with E-state index >= 15 is 0 Å². The summed E-state index contributed by atoms with van der Waals surface area (Å²) < 4.78 is 37.8. The van der Waals surface area contributed by atoms with Crippen LogP contribution in [0.5, 0.6) is 5.75 Å². The fourth-order valence-electron chi connectivity index (χ4n) is 3.61. The average molecular weight is 456 g/mol. The Labute approximate surface area is 185 Å². The summed E-state index contributed by atoms with van der Waals surface area (Å²) in [5, 5.41) is 3.80. The maximum atomic E-state index is 15.0. The molecule has 4 nitrogen and oxygen atoms in total. The van der Waals surface area contributed by atoms with E-state index in [0.717, 1.165) is 27.9 Å². The predicted octanol–water partition coefficient (Wildman–Crippen LogP) is 7.21. The second kappa shape index (κ2) is 7.51. The van der Waals surface area contributed by atoms with E-state index in [2.05, 4.69) is 10.3 Å². The van der Waals surface area contributed by atoms with Crippen LogP contribution >= 0.6 is 22.9 Å². The highest BCUT2D eigenvalue weighted by Crippen LogP contribution is 2.41. The molecule has 1 N–H and O–H groups in total. The quantitative estimate of drug-likeness (QED) is 0.311. The minimum Gasteiger partial charge on any atom is -0.497 e. The van der Waals surface area contributed by atoms with E-state index in [4.69, 9.17) is 16.3 Å². The molecule has 0 saturated heterocycles. The molecule has 5 aromatic rings. The van der Waals surface area contributed by atoms with Crippen molar-refractivity contribution in [1.82, 2.24) is 9.38 Å². The third-order valence-corrected chi connectivity index (χ3v) is 6.44. The van der Waals surface area contributed by atoms with Crippen molar-refractivity contribution in [2.75, 3.05) is 12.4 Å². The van der Waals surface area contributed by atoms with Crippen LogP contribution in [0.15, 0.2) is 54.6 Å². The molecule has 3 aromatic carbocycles. The molecule has 31 heavy (non-hydrogen) atoms. The lowest BCUT2D eigenvalue weighted by Gasteiger charge is -2.14. The van der Waals surface area contributed by atoms with Gasteiger partial charge in [-0.05, 0) is 30.7 Å². The number of hydrogen-bond acceptors (Lipinski definition) is 4. The van der Waals surface area contributed by atoms with E-state index in [-0.39, 0.29) is 17.0 Å². The number of ether oxygens (including phenoxy) is 1. The van der Waals surface area contributed by atoms with Gasteiger partial charge in [-0.25, -0.2) is 13.8 Å². The molecule has 156 valence electrons. The van der Waals surface area contributed by atoms with Gasteiger partial charge in [0, 0.05) is 12.1 Å². The molecule has 0 aliphatic rings. The molecule has 0 aliphatic heterocycles. The zero-order valence-electron chi connectivity index (χ0n) is 16.5. The molecule has 0 saturated carbocycles. The van der Waals surface area contributed by atoms with Crippen molar-refractivity contribution >= 4 is 49.6 Å². The van der Waals surface area contributed by atoms with Crippen molar-refractivity contribution in [1.29, 1.82) is 0 Å². The Morgan fingerprint density at radius 1 is 1.06 bits per heavy atom. The van der Waals surface area contributed by atoms with Gasteiger partial charge in [0.2, 0.25) is 0 Å². The summed E-state index contributed by atoms with van der Waals surface area (Å²) in [5.41, 5.74) is 2.35. The summed E-state index contributed by atoms with van der Waals surface area (Å²) in [6, 6.07) is 15.6. The van der Waals surface area contributed by atoms with Crippen LogP contribution in [0.4, 0.5) is 20.3 Å². The van der Waals surface area contributed by atoms with Crippen LogP contribution in [0.25, 0.3) is 26.4 Å². The van der Waals surface area contributed by atoms with E-state index < -0.39 is 11.6 Å². The van der Waals surface area contributed by atoms with Gasteiger partial charge in [0.05, 0.1) is 33.6 Å². The number of aryl methyl sites for hydroxylation is 1. The van der Waals surface area contributed by atoms with Crippen molar-refractivity contribution in [2.24, 2.45) is 0 Å². The lowest BCUT2D eigenvalue weighted by molar-refractivity contribution is 0.407. The maximum absolute atomic E-state index is 15.0. The van der Waals surface area contributed by atoms with E-state index in [1.807, 2.05) is 47.7 Å². The normalized spacial score (nSPS) is 11.4. The number of nitrogens with one attached hydrogen (secondary N) is 1. The first-order valence-electron chi connectivity index (χ1n) is 9.43. The Hall–Kier alpha value is -3.16. The summed E-state index contributed by atoms with van der Waals surface area (Å²) in [6.45, 7) is 1.91. The summed E-state index contributed by atoms with van der Waals surface area (Å²) in [4.78, 5) is 5.22. The number of rotatable bonds is 4. The second-order valence-corrected chi connectivity index (χ2v) is 8.44. The minimum atomic E-state index is -0.758. The standard InChI is InChI=1S/C23H16ClF2N3OS/c1-12-6-5-7-14(24)20(12)27-22-21(19-15(25)10-13(30-2)11-16(19)26)28-23-29(22)17-8-3-4-9-18(17)31-23/h3-11,27H,1-2H3. The smallest absolute Gasteiger partial charge is 0.197 e. The van der Waals surface area contributed by atoms with Gasteiger partial charge in [-0.2, -0.15) is 0 Å². The number of imidazole rings is 1. The zero-order chi connectivity index (χ0) is 21.7. The molecular weight excluding hydrogens is 440 g/mol. The minimum absolute atomic E-state index is 0.0988. The Morgan fingerprint density at radius 2 is 1.81 bits per heavy atom. The van der Waals surface area contributed by atoms with Gasteiger partial charge in [-0.1, -0.05) is 47.2 Å². The SMILES string of the molecule is COc1cc(F)c(-c2nc3sc4ccccc4n3c2Nc2c(C)cccc2Cl)c(F)c1. The van der Waals surface area contributed by atoms with Crippen molar-refractivity contribution in [3.05, 3.63) is 76.8 Å². The van der Waals surface area contributed by atoms with Crippen molar-refractivity contribution in [3.8, 4) is 17.0 Å². The van der Waals surface area contributed by atoms with Gasteiger partial charge < -0.3 is 10.1 Å². The monoisotopic (exact) mass is 455 g/mol. The van der Waals surface area contributed by atoms with E-state index in [9.17, 15) is 8.78 Å². The van der Waals surface area contributed by atoms with Crippen LogP contribution < -0.4 is 10.1 Å². The number of anilines is 2. The molecule has 0 spiro atoms. The van der Waals surface area contributed by atoms with Crippen molar-refractivity contribution in [3.63, 3.8) is 0 Å². The van der Waals surface area contributed by atoms with Crippen molar-refractivity contribution < 1.29 is 13.5 Å². The molecule has 0 amide bonds. The van der Waals surface area contributed by atoms with E-state index in [0.29, 0.717) is 21.5 Å². The van der Waals surface area contributed by atoms with Gasteiger partial charge in [0.25, 0.3) is 0 Å². The third-order valence-electron chi connectivity index (χ3n) is 5.11. The molecule has 0 fully saturated rings. The molecule has 0 atom stereocenters. The number of hydrogen-bond donors (Lipinski definition) is 1. The van der Waals surface area contributed by atoms with Gasteiger partial charge in [-0.3, -0.25) is 4.40 Å². The van der Waals surface area contributed by atoms with E-state index in [1.54, 1.807) is 6.07 Å². The average Bonchev–Trinajstić information content (AvgIpc) is 3.26. The summed E-state index contributed by atoms with van der Waals surface area (Å²) in [6.07, 6.45) is 0. The number of thiazole rings is 1. The highest BCUT2D eigenvalue weighted by molar-refractivity contribution is 7.23. The fraction of sp³-hybridized carbons (Fsp3) is 0.0870. The first-order chi connectivity index (χ1) is 15.0. The van der Waals surface area contributed by atoms with Crippen LogP contribution in [0.2, 0.25) is 5.02 Å². The molecule has 8 heteroatoms. The number of nitrogens with zero attached hydrogens (tertiary/aromatic N) is 2. The molecule has 0 bridgehead atoms. The van der Waals surface area contributed by atoms with Gasteiger partial charge in [0.15, 0.2) is 4.96 Å². The number of benzene rings is 3. The van der Waals surface area contributed by atoms with Gasteiger partial charge >= 0.3 is 0 Å². The topological polar surface area (TPSA) is 38.6 Å². The number of para-hydroxylation sites is 2. The van der Waals surface area contributed by atoms with Crippen LogP contribution in [0.3, 0.4) is 0 Å². The van der Waals surface area contributed by atoms with Crippen LogP contribution in [0.1, 0.15) is 5.56 Å². The lowest BCUT2D eigenvalue weighted by Crippen LogP contribution is -2.01. The number of halogens is 3. The molecule has 5 rings (SSSR count). The predicted molar refractivity (Wildman–Crippen MR) is 122 cm³/mol. The summed E-state index contributed by atoms with van der Waals surface area (Å²) >= 11 is 7.87. The van der Waals surface area contributed by atoms with Crippen LogP contribution in [-0.2, 0) is 0 Å². The first-order valence-corrected chi connectivity index (χ1v) is 10.6. The van der Waals surface area contributed by atoms with Crippen LogP contribution in [0, 0.1) is 18.6 Å². The molecule has 0 radical (unpaired) electrons. The maximum Gasteiger partial charge on any atom is 0.197 e. The molecule has 2 heterocycles. The Kier molecular flexibility index (Phi) is 4.79. The number of methoxy groups -OCH3 is 1. The Bertz CT molecular complexity index is 1420. The van der Waals surface area contributed by atoms with Crippen molar-refractivity contribution in [2.45, 2.75) is 6.92 Å². The van der Waals surface area contributed by atoms with Gasteiger partial charge in [0.1, 0.15) is 28.9 Å². The highest BCUT2D eigenvalue weighted by Gasteiger charge is 2.25. The summed E-state index contributed by atoms with van der Waals surface area (Å²) in [5.74, 6) is -0.982. The zero-order valence-corrected chi connectivity index (χ0v) is 18.1. The second-order valence-electron chi connectivity index (χ2n) is 7.02. The largest absolute Gasteiger partial charge is 0.497 e. The van der Waals surface area contributed by atoms with Crippen LogP contribution in [-0.4, -0.2) is 16.5 Å². The van der Waals surface area contributed by atoms with Gasteiger partial charge in [-0.15, -0.1) is 0 Å². The molecular formula is C23H16ClF2N3OS. The highest BCUT2D eigenvalue weighted by atomic mass is 35.5. The first kappa shape index (κ1) is 19.8. The Morgan fingerprint density at radius 3 is 2.52 bits per heavy atom. The molecule has 2 aromatic heterocycles. The Balaban J connectivity index is 1.83. The van der Waals surface area contributed by atoms with E-state index in [1.165, 1.54) is 18.4 Å².